The Bertz CT molecular complexity index is 1040. The Labute approximate surface area is 188 Å². The summed E-state index contributed by atoms with van der Waals surface area (Å²) in [4.78, 5) is 4.96. The van der Waals surface area contributed by atoms with E-state index in [2.05, 4.69) is 130 Å². The van der Waals surface area contributed by atoms with Crippen LogP contribution in [-0.4, -0.2) is 19.1 Å². The molecule has 2 aromatic rings. The predicted octanol–water partition coefficient (Wildman–Crippen LogP) is 6.99. The summed E-state index contributed by atoms with van der Waals surface area (Å²) in [5.41, 5.74) is 7.06. The van der Waals surface area contributed by atoms with Crippen LogP contribution in [-0.2, 0) is 10.8 Å². The zero-order chi connectivity index (χ0) is 22.2. The van der Waals surface area contributed by atoms with Crippen molar-refractivity contribution in [2.24, 2.45) is 0 Å². The van der Waals surface area contributed by atoms with Crippen molar-refractivity contribution in [3.05, 3.63) is 95.7 Å². The number of hydrogen-bond acceptors (Lipinski definition) is 2. The highest BCUT2D eigenvalue weighted by atomic mass is 15.2. The molecular weight excluding hydrogens is 376 g/mol. The zero-order valence-corrected chi connectivity index (χ0v) is 19.9. The molecule has 2 heteroatoms. The van der Waals surface area contributed by atoms with Crippen LogP contribution in [0.25, 0.3) is 0 Å². The maximum absolute atomic E-state index is 2.52. The average molecular weight is 413 g/mol. The lowest BCUT2D eigenvalue weighted by atomic mass is 9.80. The molecule has 0 spiro atoms. The monoisotopic (exact) mass is 412 g/mol. The first kappa shape index (κ1) is 21.5. The van der Waals surface area contributed by atoms with E-state index in [1.165, 1.54) is 28.2 Å². The Kier molecular flexibility index (Phi) is 5.60. The van der Waals surface area contributed by atoms with Gasteiger partial charge in [0, 0.05) is 41.0 Å². The van der Waals surface area contributed by atoms with Gasteiger partial charge in [0.05, 0.1) is 6.04 Å². The van der Waals surface area contributed by atoms with E-state index in [9.17, 15) is 0 Å². The minimum atomic E-state index is 0.0226. The van der Waals surface area contributed by atoms with Gasteiger partial charge in [-0.15, -0.1) is 0 Å². The van der Waals surface area contributed by atoms with Crippen LogP contribution in [0.2, 0.25) is 0 Å². The van der Waals surface area contributed by atoms with Crippen LogP contribution in [0.4, 0.5) is 11.4 Å². The van der Waals surface area contributed by atoms with E-state index in [0.29, 0.717) is 6.04 Å². The second kappa shape index (κ2) is 8.07. The number of benzene rings is 2. The molecule has 0 N–H and O–H groups in total. The molecule has 1 atom stereocenters. The molecule has 0 saturated heterocycles. The molecule has 0 fully saturated rings. The van der Waals surface area contributed by atoms with Crippen molar-refractivity contribution in [1.82, 2.24) is 0 Å². The Morgan fingerprint density at radius 2 is 1.42 bits per heavy atom. The molecule has 2 aliphatic rings. The van der Waals surface area contributed by atoms with E-state index in [0.717, 1.165) is 13.1 Å². The van der Waals surface area contributed by atoms with Crippen molar-refractivity contribution >= 4 is 11.4 Å². The molecule has 0 amide bonds. The number of fused-ring (bicyclic) bond motifs is 2. The Balaban J connectivity index is 1.56. The summed E-state index contributed by atoms with van der Waals surface area (Å²) < 4.78 is 0. The lowest BCUT2D eigenvalue weighted by Gasteiger charge is -2.31. The second-order valence-corrected chi connectivity index (χ2v) is 9.68. The molecule has 4 rings (SSSR count). The number of hydrogen-bond donors (Lipinski definition) is 0. The first-order valence-corrected chi connectivity index (χ1v) is 11.6. The van der Waals surface area contributed by atoms with Gasteiger partial charge in [-0.25, -0.2) is 0 Å². The molecule has 0 saturated carbocycles. The lowest BCUT2D eigenvalue weighted by molar-refractivity contribution is 0.478. The molecule has 0 bridgehead atoms. The van der Waals surface area contributed by atoms with Crippen molar-refractivity contribution in [1.29, 1.82) is 0 Å². The molecule has 0 aromatic heterocycles. The molecule has 0 radical (unpaired) electrons. The lowest BCUT2D eigenvalue weighted by Crippen LogP contribution is -2.39. The van der Waals surface area contributed by atoms with E-state index in [1.54, 1.807) is 0 Å². The van der Waals surface area contributed by atoms with Crippen LogP contribution in [0.5, 0.6) is 0 Å². The normalized spacial score (nSPS) is 22.6. The van der Waals surface area contributed by atoms with Crippen LogP contribution in [0.3, 0.4) is 0 Å². The summed E-state index contributed by atoms with van der Waals surface area (Å²) in [5, 5.41) is 0. The van der Waals surface area contributed by atoms with Gasteiger partial charge in [0.2, 0.25) is 0 Å². The summed E-state index contributed by atoms with van der Waals surface area (Å²) in [7, 11) is 0. The summed E-state index contributed by atoms with van der Waals surface area (Å²) in [6.45, 7) is 15.9. The predicted molar refractivity (Wildman–Crippen MR) is 135 cm³/mol. The van der Waals surface area contributed by atoms with Gasteiger partial charge in [0.1, 0.15) is 0 Å². The SMILES string of the molecule is CCN1/C(=C/C=C/C=C/C2N(CC)c3ccccc3C2(C)C)C(C)(C)c2ccccc21. The number of nitrogens with zero attached hydrogens (tertiary/aromatic N) is 2. The maximum atomic E-state index is 2.52. The van der Waals surface area contributed by atoms with E-state index in [1.807, 2.05) is 0 Å². The van der Waals surface area contributed by atoms with E-state index < -0.39 is 0 Å². The summed E-state index contributed by atoms with van der Waals surface area (Å²) in [5.74, 6) is 0. The molecular formula is C29H36N2. The highest BCUT2D eigenvalue weighted by Gasteiger charge is 2.42. The van der Waals surface area contributed by atoms with Crippen molar-refractivity contribution in [3.8, 4) is 0 Å². The summed E-state index contributed by atoms with van der Waals surface area (Å²) >= 11 is 0. The number of allylic oxidation sites excluding steroid dienone is 5. The van der Waals surface area contributed by atoms with Gasteiger partial charge < -0.3 is 9.80 Å². The molecule has 0 aliphatic carbocycles. The fourth-order valence-electron chi connectivity index (χ4n) is 5.54. The summed E-state index contributed by atoms with van der Waals surface area (Å²) in [6, 6.07) is 18.0. The average Bonchev–Trinajstić information content (AvgIpc) is 3.12. The van der Waals surface area contributed by atoms with Crippen LogP contribution < -0.4 is 9.80 Å². The minimum absolute atomic E-state index is 0.0226. The molecule has 1 unspecified atom stereocenters. The van der Waals surface area contributed by atoms with E-state index in [4.69, 9.17) is 0 Å². The highest BCUT2D eigenvalue weighted by Crippen LogP contribution is 2.47. The summed E-state index contributed by atoms with van der Waals surface area (Å²) in [6.07, 6.45) is 11.3. The van der Waals surface area contributed by atoms with Crippen molar-refractivity contribution in [3.63, 3.8) is 0 Å². The first-order chi connectivity index (χ1) is 14.8. The Morgan fingerprint density at radius 3 is 2.10 bits per heavy atom. The van der Waals surface area contributed by atoms with Gasteiger partial charge in [-0.1, -0.05) is 88.4 Å². The third-order valence-corrected chi connectivity index (χ3v) is 7.21. The zero-order valence-electron chi connectivity index (χ0n) is 19.9. The van der Waals surface area contributed by atoms with Crippen molar-refractivity contribution in [2.45, 2.75) is 58.4 Å². The molecule has 2 heterocycles. The maximum Gasteiger partial charge on any atom is 0.0568 e. The van der Waals surface area contributed by atoms with Crippen molar-refractivity contribution in [2.75, 3.05) is 22.9 Å². The molecule has 162 valence electrons. The first-order valence-electron chi connectivity index (χ1n) is 11.6. The third-order valence-electron chi connectivity index (χ3n) is 7.21. The van der Waals surface area contributed by atoms with E-state index in [-0.39, 0.29) is 10.8 Å². The van der Waals surface area contributed by atoms with Crippen LogP contribution in [0, 0.1) is 0 Å². The Morgan fingerprint density at radius 1 is 0.774 bits per heavy atom. The van der Waals surface area contributed by atoms with Gasteiger partial charge >= 0.3 is 0 Å². The minimum Gasteiger partial charge on any atom is -0.364 e. The van der Waals surface area contributed by atoms with E-state index >= 15 is 0 Å². The van der Waals surface area contributed by atoms with Gasteiger partial charge in [0.25, 0.3) is 0 Å². The number of anilines is 2. The quantitative estimate of drug-likeness (QED) is 0.488. The van der Waals surface area contributed by atoms with Gasteiger partial charge in [-0.2, -0.15) is 0 Å². The molecule has 31 heavy (non-hydrogen) atoms. The molecule has 2 aromatic carbocycles. The van der Waals surface area contributed by atoms with Crippen LogP contribution in [0.1, 0.15) is 52.7 Å². The van der Waals surface area contributed by atoms with Gasteiger partial charge in [-0.3, -0.25) is 0 Å². The van der Waals surface area contributed by atoms with Crippen LogP contribution in [0.15, 0.2) is 84.6 Å². The second-order valence-electron chi connectivity index (χ2n) is 9.68. The third kappa shape index (κ3) is 3.43. The largest absolute Gasteiger partial charge is 0.364 e. The standard InChI is InChI=1S/C29H36N2/c1-7-30-24-18-14-12-16-22(24)28(3,4)26(30)20-10-9-11-21-27-29(5,6)23-17-13-15-19-25(23)31(27)8-2/h9-21,26H,7-8H2,1-6H3/b11-9+,20-10+,27-21+. The molecule has 2 nitrogen and oxygen atoms in total. The smallest absolute Gasteiger partial charge is 0.0568 e. The Hall–Kier alpha value is -2.74. The number of para-hydroxylation sites is 2. The van der Waals surface area contributed by atoms with Crippen LogP contribution >= 0.6 is 0 Å². The van der Waals surface area contributed by atoms with Gasteiger partial charge in [-0.05, 0) is 43.2 Å². The topological polar surface area (TPSA) is 6.48 Å². The van der Waals surface area contributed by atoms with Crippen molar-refractivity contribution < 1.29 is 0 Å². The highest BCUT2D eigenvalue weighted by molar-refractivity contribution is 5.70. The number of rotatable bonds is 5. The van der Waals surface area contributed by atoms with Gasteiger partial charge in [0.15, 0.2) is 0 Å². The fourth-order valence-corrected chi connectivity index (χ4v) is 5.54. The number of likely N-dealkylation sites (N-methyl/N-ethyl adjacent to an activating group) is 2. The fraction of sp³-hybridized carbons (Fsp3) is 0.379. The molecule has 2 aliphatic heterocycles.